The van der Waals surface area contributed by atoms with Crippen LogP contribution >= 0.6 is 0 Å². The van der Waals surface area contributed by atoms with E-state index in [4.69, 9.17) is 0 Å². The Balaban J connectivity index is 1.10. The molecule has 12 rings (SSSR count). The first-order chi connectivity index (χ1) is 28.8. The van der Waals surface area contributed by atoms with E-state index >= 15 is 0 Å². The molecule has 0 fully saturated rings. The van der Waals surface area contributed by atoms with Crippen LogP contribution in [0.1, 0.15) is 0 Å². The molecular weight excluding hydrogens is 719 g/mol. The summed E-state index contributed by atoms with van der Waals surface area (Å²) < 4.78 is 4.92. The number of hydrogen-bond donors (Lipinski definition) is 1. The van der Waals surface area contributed by atoms with Crippen molar-refractivity contribution in [2.75, 3.05) is 0 Å². The van der Waals surface area contributed by atoms with Crippen LogP contribution in [0.25, 0.3) is 76.8 Å². The number of rotatable bonds is 6. The van der Waals surface area contributed by atoms with Crippen molar-refractivity contribution in [2.45, 2.75) is 0 Å². The smallest absolute Gasteiger partial charge is 0.179 e. The maximum Gasteiger partial charge on any atom is 0.179 e. The average molecular weight is 756 g/mol. The summed E-state index contributed by atoms with van der Waals surface area (Å²) in [4.78, 5) is 3.79. The van der Waals surface area contributed by atoms with Crippen LogP contribution < -0.4 is 20.7 Å². The van der Waals surface area contributed by atoms with E-state index in [0.29, 0.717) is 0 Å². The molecule has 0 unspecified atom stereocenters. The fraction of sp³-hybridized carbons (Fsp3) is 0. The van der Waals surface area contributed by atoms with Crippen LogP contribution in [0.15, 0.2) is 218 Å². The molecule has 0 atom stereocenters. The highest BCUT2D eigenvalue weighted by Gasteiger charge is 2.41. The number of aromatic amines is 1. The molecule has 0 bridgehead atoms. The van der Waals surface area contributed by atoms with Gasteiger partial charge in [0.25, 0.3) is 0 Å². The summed E-state index contributed by atoms with van der Waals surface area (Å²) in [7, 11) is -2.73. The van der Waals surface area contributed by atoms with Crippen LogP contribution in [0.4, 0.5) is 0 Å². The number of para-hydroxylation sites is 3. The van der Waals surface area contributed by atoms with Crippen molar-refractivity contribution in [1.82, 2.24) is 14.1 Å². The van der Waals surface area contributed by atoms with E-state index in [1.54, 1.807) is 0 Å². The molecule has 1 N–H and O–H groups in total. The lowest BCUT2D eigenvalue weighted by Gasteiger charge is -2.34. The molecule has 272 valence electrons. The van der Waals surface area contributed by atoms with Crippen molar-refractivity contribution in [3.05, 3.63) is 218 Å². The van der Waals surface area contributed by atoms with E-state index in [-0.39, 0.29) is 0 Å². The Bertz CT molecular complexity index is 3410. The molecule has 3 aromatic heterocycles. The van der Waals surface area contributed by atoms with Crippen molar-refractivity contribution < 1.29 is 0 Å². The Kier molecular flexibility index (Phi) is 7.25. The van der Waals surface area contributed by atoms with Crippen molar-refractivity contribution in [3.63, 3.8) is 0 Å². The fourth-order valence-corrected chi connectivity index (χ4v) is 14.8. The van der Waals surface area contributed by atoms with Gasteiger partial charge in [0, 0.05) is 49.2 Å². The summed E-state index contributed by atoms with van der Waals surface area (Å²) in [6.45, 7) is 0. The molecule has 12 aromatic rings. The molecule has 0 amide bonds. The Morgan fingerprint density at radius 3 is 1.50 bits per heavy atom. The summed E-state index contributed by atoms with van der Waals surface area (Å²) >= 11 is 0. The maximum absolute atomic E-state index is 3.79. The van der Waals surface area contributed by atoms with Gasteiger partial charge in [-0.2, -0.15) is 0 Å². The third kappa shape index (κ3) is 4.67. The van der Waals surface area contributed by atoms with E-state index in [9.17, 15) is 0 Å². The number of H-pyrrole nitrogens is 1. The minimum Gasteiger partial charge on any atom is -0.354 e. The topological polar surface area (TPSA) is 25.6 Å². The summed E-state index contributed by atoms with van der Waals surface area (Å²) in [6, 6.07) is 80.8. The van der Waals surface area contributed by atoms with Gasteiger partial charge in [-0.15, -0.1) is 0 Å². The van der Waals surface area contributed by atoms with Gasteiger partial charge in [0.1, 0.15) is 0 Å². The molecule has 0 spiro atoms. The van der Waals surface area contributed by atoms with Gasteiger partial charge in [-0.1, -0.05) is 164 Å². The third-order valence-electron chi connectivity index (χ3n) is 12.4. The first kappa shape index (κ1) is 32.8. The minimum atomic E-state index is -2.73. The lowest BCUT2D eigenvalue weighted by molar-refractivity contribution is 1.17. The van der Waals surface area contributed by atoms with Crippen molar-refractivity contribution >= 4 is 94.2 Å². The van der Waals surface area contributed by atoms with E-state index in [1.807, 2.05) is 0 Å². The number of benzene rings is 9. The zero-order valence-corrected chi connectivity index (χ0v) is 32.7. The van der Waals surface area contributed by atoms with Gasteiger partial charge in [-0.05, 0) is 75.3 Å². The lowest BCUT2D eigenvalue weighted by atomic mass is 10.1. The van der Waals surface area contributed by atoms with Crippen molar-refractivity contribution in [3.8, 4) is 11.4 Å². The predicted molar refractivity (Wildman–Crippen MR) is 248 cm³/mol. The van der Waals surface area contributed by atoms with Gasteiger partial charge in [0.15, 0.2) is 8.07 Å². The Labute approximate surface area is 336 Å². The van der Waals surface area contributed by atoms with Gasteiger partial charge < -0.3 is 14.1 Å². The molecule has 0 aliphatic carbocycles. The maximum atomic E-state index is 3.79. The Morgan fingerprint density at radius 1 is 0.310 bits per heavy atom. The second kappa shape index (κ2) is 12.8. The van der Waals surface area contributed by atoms with Crippen molar-refractivity contribution in [1.29, 1.82) is 0 Å². The number of nitrogens with one attached hydrogen (secondary N) is 1. The summed E-state index contributed by atoms with van der Waals surface area (Å²) in [6.07, 6.45) is 0. The predicted octanol–water partition coefficient (Wildman–Crippen LogP) is 10.9. The van der Waals surface area contributed by atoms with Crippen LogP contribution in [0.3, 0.4) is 0 Å². The highest BCUT2D eigenvalue weighted by atomic mass is 28.3. The van der Waals surface area contributed by atoms with Crippen LogP contribution in [-0.4, -0.2) is 22.2 Å². The van der Waals surface area contributed by atoms with E-state index in [2.05, 4.69) is 233 Å². The monoisotopic (exact) mass is 755 g/mol. The minimum absolute atomic E-state index is 1.15. The van der Waals surface area contributed by atoms with Gasteiger partial charge in [-0.25, -0.2) is 0 Å². The van der Waals surface area contributed by atoms with Gasteiger partial charge in [0.2, 0.25) is 0 Å². The highest BCUT2D eigenvalue weighted by molar-refractivity contribution is 7.19. The van der Waals surface area contributed by atoms with E-state index < -0.39 is 8.07 Å². The third-order valence-corrected chi connectivity index (χ3v) is 17.2. The van der Waals surface area contributed by atoms with E-state index in [1.165, 1.54) is 80.6 Å². The Morgan fingerprint density at radius 2 is 0.810 bits per heavy atom. The molecular formula is C54H37N3Si. The largest absolute Gasteiger partial charge is 0.354 e. The molecule has 0 radical (unpaired) electrons. The summed E-state index contributed by atoms with van der Waals surface area (Å²) in [5, 5.41) is 12.9. The first-order valence-corrected chi connectivity index (χ1v) is 22.0. The number of nitrogens with zero attached hydrogens (tertiary/aromatic N) is 2. The summed E-state index contributed by atoms with van der Waals surface area (Å²) in [5.74, 6) is 0. The molecule has 3 heterocycles. The number of hydrogen-bond acceptors (Lipinski definition) is 0. The SMILES string of the molecule is c1ccc([Si](c2ccccc2)(c2ccccc2)c2cccc(-n3c4ccccc4c4cc(-n5c6ccccc6c6c7[nH]c8ccccc8c7ccc65)ccc43)c2)cc1. The molecule has 0 saturated carbocycles. The molecule has 58 heavy (non-hydrogen) atoms. The molecule has 0 aliphatic rings. The average Bonchev–Trinajstić information content (AvgIpc) is 3.95. The molecule has 9 aromatic carbocycles. The molecule has 4 heteroatoms. The normalized spacial score (nSPS) is 12.1. The summed E-state index contributed by atoms with van der Waals surface area (Å²) in [5.41, 5.74) is 9.43. The van der Waals surface area contributed by atoms with Crippen LogP contribution in [-0.2, 0) is 0 Å². The number of fused-ring (bicyclic) bond motifs is 10. The zero-order chi connectivity index (χ0) is 38.2. The number of aromatic nitrogens is 3. The van der Waals surface area contributed by atoms with Gasteiger partial charge in [-0.3, -0.25) is 0 Å². The Hall–Kier alpha value is -7.40. The highest BCUT2D eigenvalue weighted by Crippen LogP contribution is 2.40. The van der Waals surface area contributed by atoms with Crippen molar-refractivity contribution in [2.24, 2.45) is 0 Å². The standard InChI is InChI=1S/C54H37N3Si/c1-4-18-39(19-5-1)58(40-20-6-2-7-21-40,41-22-8-3-9-23-41)42-24-16-17-37(35-42)56-49-29-14-11-26-44(49)47-36-38(31-33-51(47)56)57-50-30-15-12-27-46(50)53-52(57)34-32-45-43-25-10-13-28-48(43)55-54(45)53/h1-36,55H. The zero-order valence-electron chi connectivity index (χ0n) is 31.7. The molecule has 0 aliphatic heterocycles. The molecule has 3 nitrogen and oxygen atoms in total. The fourth-order valence-electron chi connectivity index (χ4n) is 9.98. The van der Waals surface area contributed by atoms with E-state index in [0.717, 1.165) is 16.9 Å². The van der Waals surface area contributed by atoms with Crippen LogP contribution in [0, 0.1) is 0 Å². The van der Waals surface area contributed by atoms with Crippen LogP contribution in [0.5, 0.6) is 0 Å². The first-order valence-electron chi connectivity index (χ1n) is 20.0. The molecule has 0 saturated heterocycles. The van der Waals surface area contributed by atoms with Gasteiger partial charge >= 0.3 is 0 Å². The van der Waals surface area contributed by atoms with Gasteiger partial charge in [0.05, 0.1) is 27.6 Å². The second-order valence-corrected chi connectivity index (χ2v) is 19.2. The van der Waals surface area contributed by atoms with Crippen LogP contribution in [0.2, 0.25) is 0 Å². The quantitative estimate of drug-likeness (QED) is 0.129. The second-order valence-electron chi connectivity index (χ2n) is 15.4. The lowest BCUT2D eigenvalue weighted by Crippen LogP contribution is -2.74.